The Morgan fingerprint density at radius 2 is 1.69 bits per heavy atom. The van der Waals surface area contributed by atoms with Gasteiger partial charge in [-0.1, -0.05) is 13.8 Å². The van der Waals surface area contributed by atoms with Crippen molar-refractivity contribution in [2.75, 3.05) is 19.6 Å². The summed E-state index contributed by atoms with van der Waals surface area (Å²) in [6, 6.07) is 0. The van der Waals surface area contributed by atoms with E-state index in [-0.39, 0.29) is 0 Å². The molecule has 0 amide bonds. The molecule has 0 saturated heterocycles. The lowest BCUT2D eigenvalue weighted by molar-refractivity contribution is 0.0233. The van der Waals surface area contributed by atoms with Gasteiger partial charge in [0.05, 0.1) is 0 Å². The predicted molar refractivity (Wildman–Crippen MR) is 57.8 cm³/mol. The van der Waals surface area contributed by atoms with E-state index in [1.807, 2.05) is 0 Å². The van der Waals surface area contributed by atoms with Crippen molar-refractivity contribution in [1.29, 1.82) is 0 Å². The van der Waals surface area contributed by atoms with Crippen molar-refractivity contribution in [3.05, 3.63) is 0 Å². The molecule has 1 saturated carbocycles. The summed E-state index contributed by atoms with van der Waals surface area (Å²) in [5.74, 6) is 0. The summed E-state index contributed by atoms with van der Waals surface area (Å²) in [4.78, 5) is 2.62. The van der Waals surface area contributed by atoms with Gasteiger partial charge >= 0.3 is 0 Å². The summed E-state index contributed by atoms with van der Waals surface area (Å²) in [5, 5.41) is 0. The maximum Gasteiger partial charge on any atom is 0.0331 e. The summed E-state index contributed by atoms with van der Waals surface area (Å²) in [7, 11) is 0. The molecule has 0 heterocycles. The van der Waals surface area contributed by atoms with Crippen LogP contribution in [-0.4, -0.2) is 30.1 Å². The van der Waals surface area contributed by atoms with Crippen LogP contribution in [0.2, 0.25) is 0 Å². The van der Waals surface area contributed by atoms with Crippen LogP contribution >= 0.6 is 0 Å². The number of hydrogen-bond acceptors (Lipinski definition) is 2. The van der Waals surface area contributed by atoms with Gasteiger partial charge in [0.2, 0.25) is 0 Å². The zero-order chi connectivity index (χ0) is 9.73. The van der Waals surface area contributed by atoms with Gasteiger partial charge in [0.15, 0.2) is 0 Å². The summed E-state index contributed by atoms with van der Waals surface area (Å²) in [6.07, 6.45) is 6.53. The first-order chi connectivity index (χ1) is 6.29. The maximum absolute atomic E-state index is 5.89. The molecule has 0 aromatic rings. The molecule has 2 nitrogen and oxygen atoms in total. The Balaban J connectivity index is 2.49. The molecule has 13 heavy (non-hydrogen) atoms. The van der Waals surface area contributed by atoms with E-state index in [9.17, 15) is 0 Å². The van der Waals surface area contributed by atoms with Crippen LogP contribution < -0.4 is 5.73 Å². The van der Waals surface area contributed by atoms with Crippen molar-refractivity contribution in [3.8, 4) is 0 Å². The van der Waals surface area contributed by atoms with E-state index in [1.165, 1.54) is 45.2 Å². The third kappa shape index (κ3) is 2.23. The van der Waals surface area contributed by atoms with E-state index < -0.39 is 0 Å². The minimum Gasteiger partial charge on any atom is -0.329 e. The van der Waals surface area contributed by atoms with E-state index in [0.29, 0.717) is 5.54 Å². The van der Waals surface area contributed by atoms with Gasteiger partial charge in [-0.2, -0.15) is 0 Å². The predicted octanol–water partition coefficient (Wildman–Crippen LogP) is 1.99. The zero-order valence-electron chi connectivity index (χ0n) is 9.18. The first-order valence-electron chi connectivity index (χ1n) is 5.74. The highest BCUT2D eigenvalue weighted by atomic mass is 15.2. The lowest BCUT2D eigenvalue weighted by Crippen LogP contribution is -2.58. The van der Waals surface area contributed by atoms with Crippen molar-refractivity contribution in [1.82, 2.24) is 4.90 Å². The molecule has 0 radical (unpaired) electrons. The highest BCUT2D eigenvalue weighted by molar-refractivity contribution is 4.98. The van der Waals surface area contributed by atoms with Gasteiger partial charge in [0.25, 0.3) is 0 Å². The Morgan fingerprint density at radius 3 is 1.92 bits per heavy atom. The van der Waals surface area contributed by atoms with Crippen molar-refractivity contribution >= 4 is 0 Å². The monoisotopic (exact) mass is 184 g/mol. The molecule has 0 spiro atoms. The second kappa shape index (κ2) is 4.97. The van der Waals surface area contributed by atoms with E-state index in [4.69, 9.17) is 5.73 Å². The lowest BCUT2D eigenvalue weighted by Gasteiger charge is -2.50. The van der Waals surface area contributed by atoms with E-state index in [0.717, 1.165) is 6.54 Å². The van der Waals surface area contributed by atoms with Crippen molar-refractivity contribution in [2.45, 2.75) is 51.5 Å². The fourth-order valence-electron chi connectivity index (χ4n) is 2.36. The Hall–Kier alpha value is -0.0800. The molecule has 0 unspecified atom stereocenters. The smallest absolute Gasteiger partial charge is 0.0331 e. The molecule has 2 N–H and O–H groups in total. The topological polar surface area (TPSA) is 29.3 Å². The van der Waals surface area contributed by atoms with E-state index in [2.05, 4.69) is 18.7 Å². The second-order valence-corrected chi connectivity index (χ2v) is 4.27. The van der Waals surface area contributed by atoms with Crippen molar-refractivity contribution in [3.63, 3.8) is 0 Å². The van der Waals surface area contributed by atoms with Crippen LogP contribution in [0.1, 0.15) is 46.0 Å². The van der Waals surface area contributed by atoms with Crippen molar-refractivity contribution in [2.24, 2.45) is 5.73 Å². The SMILES string of the molecule is CCCN(CCC)C1(CN)CCC1. The Kier molecular flexibility index (Phi) is 4.20. The lowest BCUT2D eigenvalue weighted by atomic mass is 9.75. The maximum atomic E-state index is 5.89. The molecule has 78 valence electrons. The fourth-order valence-corrected chi connectivity index (χ4v) is 2.36. The highest BCUT2D eigenvalue weighted by Crippen LogP contribution is 2.36. The van der Waals surface area contributed by atoms with Gasteiger partial charge in [-0.15, -0.1) is 0 Å². The minimum atomic E-state index is 0.395. The number of rotatable bonds is 6. The van der Waals surface area contributed by atoms with Crippen LogP contribution in [0.25, 0.3) is 0 Å². The average Bonchev–Trinajstić information content (AvgIpc) is 2.04. The van der Waals surface area contributed by atoms with Gasteiger partial charge in [0, 0.05) is 12.1 Å². The van der Waals surface area contributed by atoms with Crippen molar-refractivity contribution < 1.29 is 0 Å². The average molecular weight is 184 g/mol. The van der Waals surface area contributed by atoms with E-state index >= 15 is 0 Å². The standard InChI is InChI=1S/C11H24N2/c1-3-8-13(9-4-2)11(10-12)6-5-7-11/h3-10,12H2,1-2H3. The molecular formula is C11H24N2. The van der Waals surface area contributed by atoms with Gasteiger partial charge < -0.3 is 5.73 Å². The molecule has 1 aliphatic rings. The fraction of sp³-hybridized carbons (Fsp3) is 1.00. The third-order valence-electron chi connectivity index (χ3n) is 3.32. The quantitative estimate of drug-likeness (QED) is 0.684. The molecule has 1 fully saturated rings. The zero-order valence-corrected chi connectivity index (χ0v) is 9.18. The molecular weight excluding hydrogens is 160 g/mol. The summed E-state index contributed by atoms with van der Waals surface area (Å²) >= 11 is 0. The van der Waals surface area contributed by atoms with Crippen LogP contribution in [-0.2, 0) is 0 Å². The first kappa shape index (κ1) is 11.0. The molecule has 1 rings (SSSR count). The normalized spacial score (nSPS) is 20.3. The number of hydrogen-bond donors (Lipinski definition) is 1. The third-order valence-corrected chi connectivity index (χ3v) is 3.32. The largest absolute Gasteiger partial charge is 0.329 e. The minimum absolute atomic E-state index is 0.395. The van der Waals surface area contributed by atoms with Crippen LogP contribution in [0.5, 0.6) is 0 Å². The Morgan fingerprint density at radius 1 is 1.15 bits per heavy atom. The van der Waals surface area contributed by atoms with Gasteiger partial charge in [-0.05, 0) is 45.2 Å². The van der Waals surface area contributed by atoms with Crippen LogP contribution in [0.15, 0.2) is 0 Å². The molecule has 0 aromatic heterocycles. The molecule has 0 aromatic carbocycles. The van der Waals surface area contributed by atoms with Gasteiger partial charge in [0.1, 0.15) is 0 Å². The number of nitrogens with two attached hydrogens (primary N) is 1. The molecule has 0 aliphatic heterocycles. The summed E-state index contributed by atoms with van der Waals surface area (Å²) in [5.41, 5.74) is 6.28. The Bertz CT molecular complexity index is 130. The second-order valence-electron chi connectivity index (χ2n) is 4.27. The molecule has 0 atom stereocenters. The number of nitrogens with zero attached hydrogens (tertiary/aromatic N) is 1. The summed E-state index contributed by atoms with van der Waals surface area (Å²) in [6.45, 7) is 7.82. The first-order valence-corrected chi connectivity index (χ1v) is 5.74. The van der Waals surface area contributed by atoms with Crippen LogP contribution in [0.4, 0.5) is 0 Å². The Labute approximate surface area is 82.5 Å². The van der Waals surface area contributed by atoms with E-state index in [1.54, 1.807) is 0 Å². The summed E-state index contributed by atoms with van der Waals surface area (Å²) < 4.78 is 0. The van der Waals surface area contributed by atoms with Crippen LogP contribution in [0.3, 0.4) is 0 Å². The molecule has 1 aliphatic carbocycles. The van der Waals surface area contributed by atoms with Gasteiger partial charge in [-0.25, -0.2) is 0 Å². The van der Waals surface area contributed by atoms with Gasteiger partial charge in [-0.3, -0.25) is 4.90 Å². The molecule has 2 heteroatoms. The molecule has 0 bridgehead atoms. The highest BCUT2D eigenvalue weighted by Gasteiger charge is 2.40. The van der Waals surface area contributed by atoms with Crippen LogP contribution in [0, 0.1) is 0 Å².